The highest BCUT2D eigenvalue weighted by Crippen LogP contribution is 2.21. The Morgan fingerprint density at radius 1 is 0.517 bits per heavy atom. The maximum absolute atomic E-state index is 14.6. The molecule has 2 aromatic carbocycles. The normalized spacial score (nSPS) is 16.7. The van der Waals surface area contributed by atoms with Crippen molar-refractivity contribution in [1.29, 1.82) is 0 Å². The van der Waals surface area contributed by atoms with Gasteiger partial charge in [-0.3, -0.25) is 67.5 Å². The number of benzene rings is 2. The maximum atomic E-state index is 14.6. The summed E-state index contributed by atoms with van der Waals surface area (Å²) < 4.78 is 0. The molecule has 0 spiro atoms. The number of nitrogens with one attached hydrogen (secondary N) is 7. The van der Waals surface area contributed by atoms with Gasteiger partial charge in [-0.25, -0.2) is 0 Å². The van der Waals surface area contributed by atoms with Crippen molar-refractivity contribution in [3.63, 3.8) is 0 Å². The van der Waals surface area contributed by atoms with E-state index in [-0.39, 0.29) is 76.6 Å². The number of carbonyl (C=O) groups excluding carboxylic acids is 13. The van der Waals surface area contributed by atoms with Crippen LogP contribution < -0.4 is 83.1 Å². The third-order valence-electron chi connectivity index (χ3n) is 14.1. The molecule has 0 aromatic heterocycles. The fraction of sp³-hybridized carbons (Fsp3) is 0.509. The van der Waals surface area contributed by atoms with E-state index in [4.69, 9.17) is 45.9 Å². The minimum absolute atomic E-state index is 0.0489. The van der Waals surface area contributed by atoms with E-state index in [1.807, 2.05) is 0 Å². The minimum atomic E-state index is -1.79. The number of hydrogen-bond donors (Lipinski definition) is 15. The second-order valence-electron chi connectivity index (χ2n) is 20.9. The van der Waals surface area contributed by atoms with Gasteiger partial charge in [0.25, 0.3) is 0 Å². The fourth-order valence-electron chi connectivity index (χ4n) is 9.71. The lowest BCUT2D eigenvalue weighted by Crippen LogP contribution is -2.61. The lowest BCUT2D eigenvalue weighted by Gasteiger charge is -2.29. The molecule has 0 unspecified atom stereocenters. The highest BCUT2D eigenvalue weighted by molar-refractivity contribution is 6.00. The Kier molecular flexibility index (Phi) is 28.5. The first-order valence-corrected chi connectivity index (χ1v) is 28.3. The van der Waals surface area contributed by atoms with Crippen LogP contribution in [0.5, 0.6) is 0 Å². The summed E-state index contributed by atoms with van der Waals surface area (Å²) in [5.41, 5.74) is 45.2. The van der Waals surface area contributed by atoms with Crippen molar-refractivity contribution in [1.82, 2.24) is 47.0 Å². The van der Waals surface area contributed by atoms with Gasteiger partial charge in [0.1, 0.15) is 48.6 Å². The van der Waals surface area contributed by atoms with E-state index < -0.39 is 157 Å². The van der Waals surface area contributed by atoms with Gasteiger partial charge in [0, 0.05) is 45.4 Å². The molecule has 87 heavy (non-hydrogen) atoms. The lowest BCUT2D eigenvalue weighted by molar-refractivity contribution is -0.140. The molecule has 9 atom stereocenters. The Morgan fingerprint density at radius 2 is 0.966 bits per heavy atom. The second-order valence-corrected chi connectivity index (χ2v) is 20.9. The lowest BCUT2D eigenvalue weighted by atomic mass is 10.0. The van der Waals surface area contributed by atoms with Crippen LogP contribution in [-0.4, -0.2) is 186 Å². The zero-order valence-corrected chi connectivity index (χ0v) is 48.2. The van der Waals surface area contributed by atoms with E-state index in [0.29, 0.717) is 43.1 Å². The summed E-state index contributed by atoms with van der Waals surface area (Å²) in [6.07, 6.45) is -0.161. The molecule has 2 aliphatic rings. The van der Waals surface area contributed by atoms with E-state index in [1.165, 1.54) is 9.80 Å². The number of guanidine groups is 2. The van der Waals surface area contributed by atoms with E-state index in [0.717, 1.165) is 0 Å². The summed E-state index contributed by atoms with van der Waals surface area (Å²) in [5, 5.41) is 17.4. The minimum Gasteiger partial charge on any atom is -0.370 e. The molecule has 2 heterocycles. The van der Waals surface area contributed by atoms with E-state index in [1.54, 1.807) is 60.7 Å². The number of nitrogens with two attached hydrogens (primary N) is 8. The summed E-state index contributed by atoms with van der Waals surface area (Å²) in [4.78, 5) is 185. The van der Waals surface area contributed by atoms with Crippen molar-refractivity contribution in [2.24, 2.45) is 55.9 Å². The molecular weight excluding hydrogens is 1130 g/mol. The molecular formula is C55H81N19O13. The molecule has 0 aliphatic carbocycles. The monoisotopic (exact) mass is 1220 g/mol. The van der Waals surface area contributed by atoms with E-state index in [2.05, 4.69) is 47.2 Å². The first-order chi connectivity index (χ1) is 41.4. The zero-order valence-electron chi connectivity index (χ0n) is 48.2. The van der Waals surface area contributed by atoms with Crippen molar-refractivity contribution in [3.8, 4) is 0 Å². The van der Waals surface area contributed by atoms with Crippen LogP contribution in [0.1, 0.15) is 88.2 Å². The van der Waals surface area contributed by atoms with Gasteiger partial charge in [0.15, 0.2) is 11.9 Å². The van der Waals surface area contributed by atoms with Crippen LogP contribution >= 0.6 is 0 Å². The Hall–Kier alpha value is -9.75. The summed E-state index contributed by atoms with van der Waals surface area (Å²) in [6.45, 7) is -0.00886. The number of rotatable bonds is 36. The molecule has 2 fully saturated rings. The molecule has 0 bridgehead atoms. The predicted octanol–water partition coefficient (Wildman–Crippen LogP) is -6.87. The molecule has 0 saturated carbocycles. The van der Waals surface area contributed by atoms with Gasteiger partial charge in [-0.15, -0.1) is 0 Å². The van der Waals surface area contributed by atoms with Gasteiger partial charge >= 0.3 is 0 Å². The number of primary amides is 3. The van der Waals surface area contributed by atoms with Crippen LogP contribution in [0.3, 0.4) is 0 Å². The summed E-state index contributed by atoms with van der Waals surface area (Å²) >= 11 is 0. The van der Waals surface area contributed by atoms with E-state index >= 15 is 0 Å². The van der Waals surface area contributed by atoms with Crippen LogP contribution in [0.15, 0.2) is 70.6 Å². The van der Waals surface area contributed by atoms with Crippen molar-refractivity contribution in [2.45, 2.75) is 144 Å². The third-order valence-corrected chi connectivity index (χ3v) is 14.1. The van der Waals surface area contributed by atoms with Crippen LogP contribution in [0.25, 0.3) is 0 Å². The first-order valence-electron chi connectivity index (χ1n) is 28.3. The molecule has 2 aliphatic heterocycles. The largest absolute Gasteiger partial charge is 0.370 e. The van der Waals surface area contributed by atoms with Gasteiger partial charge in [-0.1, -0.05) is 60.7 Å². The molecule has 0 radical (unpaired) electrons. The molecule has 474 valence electrons. The first kappa shape index (κ1) is 69.7. The molecule has 2 saturated heterocycles. The highest BCUT2D eigenvalue weighted by atomic mass is 16.2. The van der Waals surface area contributed by atoms with Crippen LogP contribution in [0, 0.1) is 0 Å². The van der Waals surface area contributed by atoms with Gasteiger partial charge in [0.2, 0.25) is 70.9 Å². The standard InChI is InChI=1S/C55H81N19O13/c56-34(16-7-21-64-54(60)61)52(86)74-24-10-18-41(74)51(85)66-29-45(79)67-39(27-43(58)77)49(83)71-38(26-32-13-5-2-6-14-32)48(82)70-37(25-31-11-3-1-4-12-31)47(81)68-35(19-20-42(57)76)46(80)72-40(28-44(59)78)50(84)69-36(17-8-22-65-55(62)63)53(87)73-23-9-15-33(73)30-75/h1-6,11-14,30,33-41H,7-10,15-29,56H2,(H2,57,76)(H2,58,77)(H2,59,78)(H,66,85)(H,67,79)(H,68,81)(H,69,84)(H,70,82)(H,71,83)(H,72,80)(H4,60,61,64)(H4,62,63,65)/t33-,34-,35-,36-,37-,38-,39-,40-,41-/m0/s1. The van der Waals surface area contributed by atoms with Crippen LogP contribution in [0.2, 0.25) is 0 Å². The van der Waals surface area contributed by atoms with Gasteiger partial charge in [-0.05, 0) is 68.9 Å². The van der Waals surface area contributed by atoms with Crippen LogP contribution in [-0.2, 0) is 75.2 Å². The number of hydrogen-bond acceptors (Lipinski definition) is 16. The Labute approximate surface area is 501 Å². The fourth-order valence-corrected chi connectivity index (χ4v) is 9.71. The number of amides is 12. The summed E-state index contributed by atoms with van der Waals surface area (Å²) in [5.74, 6) is -11.5. The number of carbonyl (C=O) groups is 13. The molecule has 2 aromatic rings. The topological polar surface area (TPSA) is 545 Å². The molecule has 4 rings (SSSR count). The Balaban J connectivity index is 1.56. The number of nitrogens with zero attached hydrogens (tertiary/aromatic N) is 4. The van der Waals surface area contributed by atoms with E-state index in [9.17, 15) is 62.3 Å². The molecule has 32 nitrogen and oxygen atoms in total. The van der Waals surface area contributed by atoms with Crippen molar-refractivity contribution >= 4 is 89.1 Å². The highest BCUT2D eigenvalue weighted by Gasteiger charge is 2.39. The van der Waals surface area contributed by atoms with Gasteiger partial charge in [0.05, 0.1) is 31.5 Å². The molecule has 32 heteroatoms. The number of aliphatic imine (C=N–C) groups is 2. The zero-order chi connectivity index (χ0) is 64.2. The second kappa shape index (κ2) is 35.5. The Morgan fingerprint density at radius 3 is 1.47 bits per heavy atom. The summed E-state index contributed by atoms with van der Waals surface area (Å²) in [6, 6.07) is 4.08. The SMILES string of the molecule is NC(=O)CC[C@H](NC(=O)[C@H](Cc1ccccc1)NC(=O)[C@H](Cc1ccccc1)NC(=O)[C@H](CC(N)=O)NC(=O)CNC(=O)[C@@H]1CCCN1C(=O)[C@@H](N)CCCN=C(N)N)C(=O)N[C@@H](CC(N)=O)C(=O)N[C@@H](CCCN=C(N)N)C(=O)N1CCC[C@H]1C=O. The maximum Gasteiger partial charge on any atom is 0.245 e. The van der Waals surface area contributed by atoms with Gasteiger partial charge < -0.3 is 97.7 Å². The van der Waals surface area contributed by atoms with Crippen molar-refractivity contribution in [2.75, 3.05) is 32.7 Å². The molecule has 23 N–H and O–H groups in total. The van der Waals surface area contributed by atoms with Gasteiger partial charge in [-0.2, -0.15) is 0 Å². The Bertz CT molecular complexity index is 2820. The smallest absolute Gasteiger partial charge is 0.245 e. The average Bonchev–Trinajstić information content (AvgIpc) is 3.98. The van der Waals surface area contributed by atoms with Crippen molar-refractivity contribution < 1.29 is 62.3 Å². The average molecular weight is 1220 g/mol. The number of aldehydes is 1. The predicted molar refractivity (Wildman–Crippen MR) is 314 cm³/mol. The quantitative estimate of drug-likeness (QED) is 0.0130. The van der Waals surface area contributed by atoms with Crippen molar-refractivity contribution in [3.05, 3.63) is 71.8 Å². The number of likely N-dealkylation sites (tertiary alicyclic amines) is 2. The summed E-state index contributed by atoms with van der Waals surface area (Å²) in [7, 11) is 0. The third kappa shape index (κ3) is 24.0. The van der Waals surface area contributed by atoms with Crippen LogP contribution in [0.4, 0.5) is 0 Å². The molecule has 12 amide bonds.